The Balaban J connectivity index is 2.03. The molecule has 0 aliphatic heterocycles. The monoisotopic (exact) mass is 338 g/mol. The lowest BCUT2D eigenvalue weighted by Gasteiger charge is -2.16. The van der Waals surface area contributed by atoms with Gasteiger partial charge >= 0.3 is 0 Å². The Morgan fingerprint density at radius 2 is 1.68 bits per heavy atom. The summed E-state index contributed by atoms with van der Waals surface area (Å²) in [5.41, 5.74) is 0.555. The number of rotatable bonds is 5. The normalized spacial score (nSPS) is 11.4. The second-order valence-corrected chi connectivity index (χ2v) is 7.11. The first-order valence-electron chi connectivity index (χ1n) is 6.46. The number of carbonyl (C=O) groups is 1. The molecule has 22 heavy (non-hydrogen) atoms. The molecule has 116 valence electrons. The zero-order chi connectivity index (χ0) is 16.2. The number of sulfonamides is 1. The third-order valence-corrected chi connectivity index (χ3v) is 5.02. The van der Waals surface area contributed by atoms with E-state index in [0.29, 0.717) is 10.7 Å². The van der Waals surface area contributed by atoms with Gasteiger partial charge in [-0.05, 0) is 36.4 Å². The highest BCUT2D eigenvalue weighted by atomic mass is 35.5. The van der Waals surface area contributed by atoms with Gasteiger partial charge in [-0.2, -0.15) is 4.31 Å². The topological polar surface area (TPSA) is 66.5 Å². The Morgan fingerprint density at radius 3 is 2.27 bits per heavy atom. The Labute approximate surface area is 134 Å². The van der Waals surface area contributed by atoms with Crippen LogP contribution < -0.4 is 5.32 Å². The van der Waals surface area contributed by atoms with Crippen LogP contribution in [-0.2, 0) is 14.8 Å². The fourth-order valence-corrected chi connectivity index (χ4v) is 3.07. The average Bonchev–Trinajstić information content (AvgIpc) is 2.50. The number of amides is 1. The van der Waals surface area contributed by atoms with Crippen molar-refractivity contribution in [3.8, 4) is 0 Å². The molecule has 2 rings (SSSR count). The second kappa shape index (κ2) is 6.91. The van der Waals surface area contributed by atoms with E-state index >= 15 is 0 Å². The highest BCUT2D eigenvalue weighted by Crippen LogP contribution is 2.15. The van der Waals surface area contributed by atoms with Crippen molar-refractivity contribution in [1.29, 1.82) is 0 Å². The predicted molar refractivity (Wildman–Crippen MR) is 86.3 cm³/mol. The summed E-state index contributed by atoms with van der Waals surface area (Å²) in [5, 5.41) is 3.18. The van der Waals surface area contributed by atoms with Crippen LogP contribution in [0, 0.1) is 0 Å². The van der Waals surface area contributed by atoms with E-state index in [1.165, 1.54) is 19.2 Å². The number of benzene rings is 2. The van der Waals surface area contributed by atoms with Crippen molar-refractivity contribution in [2.24, 2.45) is 0 Å². The maximum Gasteiger partial charge on any atom is 0.243 e. The van der Waals surface area contributed by atoms with E-state index in [0.717, 1.165) is 4.31 Å². The highest BCUT2D eigenvalue weighted by Gasteiger charge is 2.22. The lowest BCUT2D eigenvalue weighted by atomic mass is 10.3. The van der Waals surface area contributed by atoms with Gasteiger partial charge in [0.25, 0.3) is 0 Å². The fourth-order valence-electron chi connectivity index (χ4n) is 1.79. The van der Waals surface area contributed by atoms with Gasteiger partial charge < -0.3 is 5.32 Å². The molecule has 0 saturated carbocycles. The van der Waals surface area contributed by atoms with Crippen LogP contribution in [0.15, 0.2) is 59.5 Å². The molecule has 0 aliphatic rings. The summed E-state index contributed by atoms with van der Waals surface area (Å²) >= 11 is 5.76. The van der Waals surface area contributed by atoms with Gasteiger partial charge in [0.15, 0.2) is 0 Å². The fraction of sp³-hybridized carbons (Fsp3) is 0.133. The summed E-state index contributed by atoms with van der Waals surface area (Å²) < 4.78 is 25.6. The average molecular weight is 339 g/mol. The largest absolute Gasteiger partial charge is 0.325 e. The Morgan fingerprint density at radius 1 is 1.09 bits per heavy atom. The molecule has 0 bridgehead atoms. The molecule has 0 heterocycles. The lowest BCUT2D eigenvalue weighted by molar-refractivity contribution is -0.116. The van der Waals surface area contributed by atoms with Crippen molar-refractivity contribution < 1.29 is 13.2 Å². The maximum absolute atomic E-state index is 12.3. The Bertz CT molecular complexity index is 746. The summed E-state index contributed by atoms with van der Waals surface area (Å²) in [6.45, 7) is -0.278. The minimum atomic E-state index is -3.68. The van der Waals surface area contributed by atoms with Crippen LogP contribution in [0.1, 0.15) is 0 Å². The highest BCUT2D eigenvalue weighted by molar-refractivity contribution is 7.89. The van der Waals surface area contributed by atoms with E-state index in [4.69, 9.17) is 11.6 Å². The van der Waals surface area contributed by atoms with Crippen molar-refractivity contribution in [2.45, 2.75) is 4.90 Å². The second-order valence-electron chi connectivity index (χ2n) is 4.63. The minimum absolute atomic E-state index is 0.150. The van der Waals surface area contributed by atoms with Gasteiger partial charge in [-0.25, -0.2) is 8.42 Å². The standard InChI is InChI=1S/C15H15ClN2O3S/c1-18(22(20,21)14-5-3-2-4-6-14)11-15(19)17-13-9-7-12(16)8-10-13/h2-10H,11H2,1H3,(H,17,19). The Hall–Kier alpha value is -1.89. The zero-order valence-electron chi connectivity index (χ0n) is 11.9. The zero-order valence-corrected chi connectivity index (χ0v) is 13.4. The van der Waals surface area contributed by atoms with E-state index in [1.807, 2.05) is 0 Å². The third kappa shape index (κ3) is 4.07. The number of hydrogen-bond acceptors (Lipinski definition) is 3. The smallest absolute Gasteiger partial charge is 0.243 e. The van der Waals surface area contributed by atoms with Crippen molar-refractivity contribution in [2.75, 3.05) is 18.9 Å². The van der Waals surface area contributed by atoms with Crippen molar-refractivity contribution in [1.82, 2.24) is 4.31 Å². The number of nitrogens with one attached hydrogen (secondary N) is 1. The van der Waals surface area contributed by atoms with Gasteiger partial charge in [-0.15, -0.1) is 0 Å². The molecule has 0 unspecified atom stereocenters. The molecule has 0 saturated heterocycles. The van der Waals surface area contributed by atoms with Gasteiger partial charge in [-0.1, -0.05) is 29.8 Å². The number of carbonyl (C=O) groups excluding carboxylic acids is 1. The molecular formula is C15H15ClN2O3S. The molecule has 0 aliphatic carbocycles. The first-order valence-corrected chi connectivity index (χ1v) is 8.28. The molecule has 1 N–H and O–H groups in total. The van der Waals surface area contributed by atoms with Gasteiger partial charge in [-0.3, -0.25) is 4.79 Å². The summed E-state index contributed by atoms with van der Waals surface area (Å²) in [4.78, 5) is 12.1. The third-order valence-electron chi connectivity index (χ3n) is 2.95. The molecule has 7 heteroatoms. The van der Waals surface area contributed by atoms with Crippen LogP contribution in [0.2, 0.25) is 5.02 Å². The molecule has 5 nitrogen and oxygen atoms in total. The number of likely N-dealkylation sites (N-methyl/N-ethyl adjacent to an activating group) is 1. The van der Waals surface area contributed by atoms with Crippen LogP contribution in [0.4, 0.5) is 5.69 Å². The van der Waals surface area contributed by atoms with Crippen molar-refractivity contribution >= 4 is 33.2 Å². The summed E-state index contributed by atoms with van der Waals surface area (Å²) in [6.07, 6.45) is 0. The lowest BCUT2D eigenvalue weighted by Crippen LogP contribution is -2.34. The predicted octanol–water partition coefficient (Wildman–Crippen LogP) is 2.60. The van der Waals surface area contributed by atoms with E-state index < -0.39 is 15.9 Å². The van der Waals surface area contributed by atoms with Crippen LogP contribution >= 0.6 is 11.6 Å². The van der Waals surface area contributed by atoms with Gasteiger partial charge in [0.05, 0.1) is 11.4 Å². The summed E-state index contributed by atoms with van der Waals surface area (Å²) in [6, 6.07) is 14.5. The molecule has 0 radical (unpaired) electrons. The number of nitrogens with zero attached hydrogens (tertiary/aromatic N) is 1. The van der Waals surface area contributed by atoms with E-state index in [-0.39, 0.29) is 11.4 Å². The molecule has 0 fully saturated rings. The van der Waals surface area contributed by atoms with Crippen molar-refractivity contribution in [3.05, 3.63) is 59.6 Å². The number of hydrogen-bond donors (Lipinski definition) is 1. The van der Waals surface area contributed by atoms with Crippen LogP contribution in [-0.4, -0.2) is 32.2 Å². The molecule has 2 aromatic carbocycles. The molecule has 0 atom stereocenters. The van der Waals surface area contributed by atoms with Crippen LogP contribution in [0.3, 0.4) is 0 Å². The molecule has 2 aromatic rings. The number of anilines is 1. The van der Waals surface area contributed by atoms with E-state index in [9.17, 15) is 13.2 Å². The molecule has 0 aromatic heterocycles. The van der Waals surface area contributed by atoms with Gasteiger partial charge in [0, 0.05) is 17.8 Å². The first-order chi connectivity index (χ1) is 10.4. The SMILES string of the molecule is CN(CC(=O)Nc1ccc(Cl)cc1)S(=O)(=O)c1ccccc1. The molecule has 1 amide bonds. The molecular weight excluding hydrogens is 324 g/mol. The van der Waals surface area contributed by atoms with Crippen LogP contribution in [0.5, 0.6) is 0 Å². The minimum Gasteiger partial charge on any atom is -0.325 e. The first kappa shape index (κ1) is 16.5. The summed E-state index contributed by atoms with van der Waals surface area (Å²) in [5.74, 6) is -0.427. The van der Waals surface area contributed by atoms with E-state index in [2.05, 4.69) is 5.32 Å². The van der Waals surface area contributed by atoms with E-state index in [1.54, 1.807) is 42.5 Å². The summed E-state index contributed by atoms with van der Waals surface area (Å²) in [7, 11) is -2.32. The van der Waals surface area contributed by atoms with Crippen LogP contribution in [0.25, 0.3) is 0 Å². The van der Waals surface area contributed by atoms with Gasteiger partial charge in [0.1, 0.15) is 0 Å². The maximum atomic E-state index is 12.3. The quantitative estimate of drug-likeness (QED) is 0.911. The van der Waals surface area contributed by atoms with Crippen molar-refractivity contribution in [3.63, 3.8) is 0 Å². The van der Waals surface area contributed by atoms with Gasteiger partial charge in [0.2, 0.25) is 15.9 Å². The molecule has 0 spiro atoms. The number of halogens is 1. The Kier molecular flexibility index (Phi) is 5.18.